The first-order valence-corrected chi connectivity index (χ1v) is 7.88. The number of anilines is 2. The Morgan fingerprint density at radius 3 is 2.68 bits per heavy atom. The first-order chi connectivity index (χ1) is 12.2. The van der Waals surface area contributed by atoms with Gasteiger partial charge in [0.1, 0.15) is 18.2 Å². The second-order valence-corrected chi connectivity index (χ2v) is 5.67. The largest absolute Gasteiger partial charge is 0.328 e. The molecule has 0 saturated heterocycles. The predicted molar refractivity (Wildman–Crippen MR) is 93.8 cm³/mol. The first kappa shape index (κ1) is 15.1. The van der Waals surface area contributed by atoms with E-state index in [1.54, 1.807) is 23.0 Å². The Morgan fingerprint density at radius 2 is 1.92 bits per heavy atom. The lowest BCUT2D eigenvalue weighted by molar-refractivity contribution is -0.113. The van der Waals surface area contributed by atoms with Crippen LogP contribution in [0.1, 0.15) is 18.5 Å². The van der Waals surface area contributed by atoms with E-state index >= 15 is 0 Å². The van der Waals surface area contributed by atoms with E-state index in [1.807, 2.05) is 43.3 Å². The van der Waals surface area contributed by atoms with Gasteiger partial charge in [-0.15, -0.1) is 0 Å². The first-order valence-electron chi connectivity index (χ1n) is 7.88. The lowest BCUT2D eigenvalue weighted by atomic mass is 9.95. The van der Waals surface area contributed by atoms with Crippen LogP contribution < -0.4 is 10.6 Å². The summed E-state index contributed by atoms with van der Waals surface area (Å²) in [5, 5.41) is 10.3. The van der Waals surface area contributed by atoms with E-state index in [9.17, 15) is 4.79 Å². The summed E-state index contributed by atoms with van der Waals surface area (Å²) in [5.74, 6) is 0.892. The van der Waals surface area contributed by atoms with Crippen LogP contribution in [0.4, 0.5) is 11.8 Å². The molecule has 2 N–H and O–H groups in total. The highest BCUT2D eigenvalue weighted by molar-refractivity contribution is 6.05. The van der Waals surface area contributed by atoms with Crippen molar-refractivity contribution in [1.82, 2.24) is 19.7 Å². The Balaban J connectivity index is 1.77. The minimum atomic E-state index is -0.358. The maximum atomic E-state index is 13.0. The fraction of sp³-hybridized carbons (Fsp3) is 0.111. The number of carbonyl (C=O) groups excluding carboxylic acids is 1. The van der Waals surface area contributed by atoms with Crippen LogP contribution >= 0.6 is 0 Å². The van der Waals surface area contributed by atoms with E-state index < -0.39 is 0 Å². The molecule has 0 radical (unpaired) electrons. The molecule has 0 unspecified atom stereocenters. The van der Waals surface area contributed by atoms with Gasteiger partial charge in [0.15, 0.2) is 0 Å². The summed E-state index contributed by atoms with van der Waals surface area (Å²) in [5.41, 5.74) is 2.28. The van der Waals surface area contributed by atoms with E-state index in [2.05, 4.69) is 25.7 Å². The summed E-state index contributed by atoms with van der Waals surface area (Å²) in [6.45, 7) is 1.86. The Hall–Kier alpha value is -3.48. The SMILES string of the molecule is CC1=C(C(=O)Nc2ccccn2)[C@H](c2ccccc2)n2ncnc2N1. The van der Waals surface area contributed by atoms with Crippen LogP contribution in [-0.4, -0.2) is 25.7 Å². The summed E-state index contributed by atoms with van der Waals surface area (Å²) in [4.78, 5) is 21.4. The number of carbonyl (C=O) groups is 1. The minimum Gasteiger partial charge on any atom is -0.328 e. The number of nitrogens with one attached hydrogen (secondary N) is 2. The zero-order valence-electron chi connectivity index (χ0n) is 13.5. The van der Waals surface area contributed by atoms with Gasteiger partial charge in [-0.05, 0) is 24.6 Å². The van der Waals surface area contributed by atoms with Crippen molar-refractivity contribution >= 4 is 17.7 Å². The molecule has 1 aromatic carbocycles. The second-order valence-electron chi connectivity index (χ2n) is 5.67. The molecule has 3 heterocycles. The van der Waals surface area contributed by atoms with Crippen molar-refractivity contribution in [3.8, 4) is 0 Å². The van der Waals surface area contributed by atoms with Gasteiger partial charge in [0.05, 0.1) is 5.57 Å². The van der Waals surface area contributed by atoms with Gasteiger partial charge < -0.3 is 10.6 Å². The lowest BCUT2D eigenvalue weighted by Crippen LogP contribution is -2.31. The Bertz CT molecular complexity index is 932. The van der Waals surface area contributed by atoms with Crippen LogP contribution in [0.3, 0.4) is 0 Å². The Kier molecular flexibility index (Phi) is 3.74. The van der Waals surface area contributed by atoms with Crippen molar-refractivity contribution in [3.05, 3.63) is 77.9 Å². The number of hydrogen-bond acceptors (Lipinski definition) is 5. The molecule has 7 nitrogen and oxygen atoms in total. The van der Waals surface area contributed by atoms with Gasteiger partial charge in [0.2, 0.25) is 5.95 Å². The topological polar surface area (TPSA) is 84.7 Å². The van der Waals surface area contributed by atoms with Crippen molar-refractivity contribution in [3.63, 3.8) is 0 Å². The molecular formula is C18H16N6O. The average molecular weight is 332 g/mol. The maximum absolute atomic E-state index is 13.0. The molecule has 1 aliphatic rings. The molecule has 25 heavy (non-hydrogen) atoms. The number of benzene rings is 1. The van der Waals surface area contributed by atoms with Crippen molar-refractivity contribution in [2.45, 2.75) is 13.0 Å². The zero-order chi connectivity index (χ0) is 17.2. The standard InChI is InChI=1S/C18H16N6O/c1-12-15(17(25)23-14-9-5-6-10-19-14)16(13-7-3-2-4-8-13)24-18(22-12)20-11-21-24/h2-11,16H,1H3,(H,19,23,25)(H,20,21,22)/t16-/m0/s1. The van der Waals surface area contributed by atoms with Crippen LogP contribution in [0.5, 0.6) is 0 Å². The summed E-state index contributed by atoms with van der Waals surface area (Å²) in [7, 11) is 0. The molecule has 1 aliphatic heterocycles. The Morgan fingerprint density at radius 1 is 1.12 bits per heavy atom. The lowest BCUT2D eigenvalue weighted by Gasteiger charge is -2.28. The molecule has 0 aliphatic carbocycles. The highest BCUT2D eigenvalue weighted by Gasteiger charge is 2.33. The minimum absolute atomic E-state index is 0.223. The zero-order valence-corrected chi connectivity index (χ0v) is 13.5. The maximum Gasteiger partial charge on any atom is 0.257 e. The monoisotopic (exact) mass is 332 g/mol. The molecule has 7 heteroatoms. The third-order valence-corrected chi connectivity index (χ3v) is 4.06. The summed E-state index contributed by atoms with van der Waals surface area (Å²) < 4.78 is 1.72. The van der Waals surface area contributed by atoms with Gasteiger partial charge >= 0.3 is 0 Å². The fourth-order valence-corrected chi connectivity index (χ4v) is 2.95. The average Bonchev–Trinajstić information content (AvgIpc) is 3.10. The van der Waals surface area contributed by atoms with E-state index in [0.717, 1.165) is 11.3 Å². The smallest absolute Gasteiger partial charge is 0.257 e. The predicted octanol–water partition coefficient (Wildman–Crippen LogP) is 2.60. The molecule has 0 saturated carbocycles. The number of rotatable bonds is 3. The van der Waals surface area contributed by atoms with Crippen molar-refractivity contribution in [2.24, 2.45) is 0 Å². The number of nitrogens with zero attached hydrogens (tertiary/aromatic N) is 4. The quantitative estimate of drug-likeness (QED) is 0.770. The Labute approximate surface area is 144 Å². The van der Waals surface area contributed by atoms with E-state index in [4.69, 9.17) is 0 Å². The number of fused-ring (bicyclic) bond motifs is 1. The highest BCUT2D eigenvalue weighted by atomic mass is 16.1. The molecule has 0 fully saturated rings. The number of allylic oxidation sites excluding steroid dienone is 1. The number of aromatic nitrogens is 4. The van der Waals surface area contributed by atoms with Crippen LogP contribution in [0, 0.1) is 0 Å². The van der Waals surface area contributed by atoms with Crippen molar-refractivity contribution in [2.75, 3.05) is 10.6 Å². The summed E-state index contributed by atoms with van der Waals surface area (Å²) in [6, 6.07) is 14.8. The molecule has 2 aromatic heterocycles. The molecule has 124 valence electrons. The molecule has 3 aromatic rings. The van der Waals surface area contributed by atoms with Gasteiger partial charge in [-0.1, -0.05) is 36.4 Å². The van der Waals surface area contributed by atoms with E-state index in [1.165, 1.54) is 6.33 Å². The number of hydrogen-bond donors (Lipinski definition) is 2. The van der Waals surface area contributed by atoms with Crippen molar-refractivity contribution in [1.29, 1.82) is 0 Å². The molecule has 4 rings (SSSR count). The second kappa shape index (κ2) is 6.20. The van der Waals surface area contributed by atoms with Crippen LogP contribution in [0.25, 0.3) is 0 Å². The third-order valence-electron chi connectivity index (χ3n) is 4.06. The summed E-state index contributed by atoms with van der Waals surface area (Å²) >= 11 is 0. The third kappa shape index (κ3) is 2.76. The normalized spacial score (nSPS) is 16.1. The van der Waals surface area contributed by atoms with Crippen LogP contribution in [0.15, 0.2) is 72.3 Å². The molecule has 0 spiro atoms. The highest BCUT2D eigenvalue weighted by Crippen LogP contribution is 2.34. The molecule has 1 amide bonds. The van der Waals surface area contributed by atoms with Gasteiger partial charge in [0, 0.05) is 11.9 Å². The summed E-state index contributed by atoms with van der Waals surface area (Å²) in [6.07, 6.45) is 3.12. The van der Waals surface area contributed by atoms with Crippen LogP contribution in [0.2, 0.25) is 0 Å². The fourth-order valence-electron chi connectivity index (χ4n) is 2.95. The van der Waals surface area contributed by atoms with Gasteiger partial charge in [-0.25, -0.2) is 9.67 Å². The number of pyridine rings is 1. The molecule has 1 atom stereocenters. The van der Waals surface area contributed by atoms with Crippen molar-refractivity contribution < 1.29 is 4.79 Å². The number of amides is 1. The van der Waals surface area contributed by atoms with E-state index in [0.29, 0.717) is 17.3 Å². The molecular weight excluding hydrogens is 316 g/mol. The van der Waals surface area contributed by atoms with Gasteiger partial charge in [-0.3, -0.25) is 4.79 Å². The van der Waals surface area contributed by atoms with E-state index in [-0.39, 0.29) is 11.9 Å². The van der Waals surface area contributed by atoms with Crippen LogP contribution in [-0.2, 0) is 4.79 Å². The van der Waals surface area contributed by atoms with Gasteiger partial charge in [-0.2, -0.15) is 10.1 Å². The van der Waals surface area contributed by atoms with Gasteiger partial charge in [0.25, 0.3) is 5.91 Å². The molecule has 0 bridgehead atoms.